The second-order valence-corrected chi connectivity index (χ2v) is 2.83. The molecule has 0 bridgehead atoms. The Morgan fingerprint density at radius 2 is 2.14 bits per heavy atom. The molecule has 0 radical (unpaired) electrons. The summed E-state index contributed by atoms with van der Waals surface area (Å²) in [4.78, 5) is 11.9. The summed E-state index contributed by atoms with van der Waals surface area (Å²) in [5, 5.41) is 3.95. The maximum absolute atomic E-state index is 5.87. The van der Waals surface area contributed by atoms with Gasteiger partial charge >= 0.3 is 0 Å². The molecule has 2 rings (SSSR count). The predicted molar refractivity (Wildman–Crippen MR) is 49.0 cm³/mol. The van der Waals surface area contributed by atoms with E-state index in [-0.39, 0.29) is 6.04 Å². The molecular weight excluding hydrogens is 180 g/mol. The number of aromatic nitrogens is 5. The average Bonchev–Trinajstić information content (AvgIpc) is 2.72. The second-order valence-electron chi connectivity index (χ2n) is 2.83. The van der Waals surface area contributed by atoms with Gasteiger partial charge in [0.2, 0.25) is 0 Å². The highest BCUT2D eigenvalue weighted by molar-refractivity contribution is 4.94. The Kier molecular flexibility index (Phi) is 2.46. The SMILES string of the molecule is NC(Cn1cncn1)c1ncccn1. The van der Waals surface area contributed by atoms with Gasteiger partial charge in [0.05, 0.1) is 12.6 Å². The van der Waals surface area contributed by atoms with Crippen LogP contribution >= 0.6 is 0 Å². The van der Waals surface area contributed by atoms with E-state index in [1.165, 1.54) is 6.33 Å². The van der Waals surface area contributed by atoms with Crippen LogP contribution in [0.5, 0.6) is 0 Å². The van der Waals surface area contributed by atoms with Crippen LogP contribution in [0.1, 0.15) is 11.9 Å². The standard InChI is InChI=1S/C8H10N6/c9-7(4-14-6-10-5-13-14)8-11-2-1-3-12-8/h1-3,5-7H,4,9H2. The summed E-state index contributed by atoms with van der Waals surface area (Å²) in [5.74, 6) is 0.614. The van der Waals surface area contributed by atoms with Gasteiger partial charge in [-0.25, -0.2) is 15.0 Å². The fourth-order valence-electron chi connectivity index (χ4n) is 1.11. The molecule has 2 aromatic rings. The molecule has 1 atom stereocenters. The van der Waals surface area contributed by atoms with Crippen molar-refractivity contribution in [1.29, 1.82) is 0 Å². The normalized spacial score (nSPS) is 12.6. The van der Waals surface area contributed by atoms with Crippen molar-refractivity contribution in [1.82, 2.24) is 24.7 Å². The third kappa shape index (κ3) is 1.91. The van der Waals surface area contributed by atoms with Crippen LogP contribution in [0.4, 0.5) is 0 Å². The first kappa shape index (κ1) is 8.76. The van der Waals surface area contributed by atoms with Crippen LogP contribution in [0.15, 0.2) is 31.1 Å². The van der Waals surface area contributed by atoms with Gasteiger partial charge in [-0.15, -0.1) is 0 Å². The summed E-state index contributed by atoms with van der Waals surface area (Å²) in [6.07, 6.45) is 6.43. The van der Waals surface area contributed by atoms with Gasteiger partial charge < -0.3 is 5.73 Å². The molecular formula is C8H10N6. The van der Waals surface area contributed by atoms with Crippen molar-refractivity contribution in [3.8, 4) is 0 Å². The Morgan fingerprint density at radius 3 is 2.79 bits per heavy atom. The minimum atomic E-state index is -0.252. The first-order valence-electron chi connectivity index (χ1n) is 4.21. The Morgan fingerprint density at radius 1 is 1.36 bits per heavy atom. The lowest BCUT2D eigenvalue weighted by molar-refractivity contribution is 0.507. The largest absolute Gasteiger partial charge is 0.320 e. The minimum absolute atomic E-state index is 0.252. The van der Waals surface area contributed by atoms with Crippen LogP contribution in [0.2, 0.25) is 0 Å². The lowest BCUT2D eigenvalue weighted by atomic mass is 10.3. The zero-order valence-corrected chi connectivity index (χ0v) is 7.48. The van der Waals surface area contributed by atoms with Crippen LogP contribution < -0.4 is 5.73 Å². The summed E-state index contributed by atoms with van der Waals surface area (Å²) in [6, 6.07) is 1.50. The van der Waals surface area contributed by atoms with Gasteiger partial charge in [0, 0.05) is 12.4 Å². The van der Waals surface area contributed by atoms with Gasteiger partial charge in [-0.3, -0.25) is 4.68 Å². The lowest BCUT2D eigenvalue weighted by Gasteiger charge is -2.08. The Bertz CT molecular complexity index is 370. The molecule has 0 amide bonds. The van der Waals surface area contributed by atoms with E-state index < -0.39 is 0 Å². The molecule has 0 saturated heterocycles. The molecule has 0 aliphatic heterocycles. The monoisotopic (exact) mass is 190 g/mol. The maximum atomic E-state index is 5.87. The predicted octanol–water partition coefficient (Wildman–Crippen LogP) is -0.232. The molecule has 0 aliphatic carbocycles. The number of nitrogens with two attached hydrogens (primary N) is 1. The van der Waals surface area contributed by atoms with E-state index >= 15 is 0 Å². The zero-order valence-electron chi connectivity index (χ0n) is 7.48. The average molecular weight is 190 g/mol. The molecule has 14 heavy (non-hydrogen) atoms. The Balaban J connectivity index is 2.07. The minimum Gasteiger partial charge on any atom is -0.320 e. The lowest BCUT2D eigenvalue weighted by Crippen LogP contribution is -2.20. The molecule has 2 heterocycles. The van der Waals surface area contributed by atoms with E-state index in [4.69, 9.17) is 5.73 Å². The topological polar surface area (TPSA) is 82.5 Å². The molecule has 2 aromatic heterocycles. The summed E-state index contributed by atoms with van der Waals surface area (Å²) in [5.41, 5.74) is 5.87. The number of rotatable bonds is 3. The highest BCUT2D eigenvalue weighted by Gasteiger charge is 2.08. The molecule has 1 unspecified atom stereocenters. The highest BCUT2D eigenvalue weighted by Crippen LogP contribution is 2.04. The molecule has 0 aliphatic rings. The van der Waals surface area contributed by atoms with Crippen LogP contribution in [0.25, 0.3) is 0 Å². The first-order chi connectivity index (χ1) is 6.86. The molecule has 0 aromatic carbocycles. The highest BCUT2D eigenvalue weighted by atomic mass is 15.3. The number of nitrogens with zero attached hydrogens (tertiary/aromatic N) is 5. The third-order valence-electron chi connectivity index (χ3n) is 1.77. The zero-order chi connectivity index (χ0) is 9.80. The van der Waals surface area contributed by atoms with Crippen molar-refractivity contribution in [3.05, 3.63) is 36.9 Å². The van der Waals surface area contributed by atoms with Crippen LogP contribution in [-0.4, -0.2) is 24.7 Å². The van der Waals surface area contributed by atoms with Gasteiger partial charge in [-0.1, -0.05) is 0 Å². The van der Waals surface area contributed by atoms with Crippen molar-refractivity contribution in [2.24, 2.45) is 5.73 Å². The van der Waals surface area contributed by atoms with E-state index in [0.29, 0.717) is 12.4 Å². The third-order valence-corrected chi connectivity index (χ3v) is 1.77. The van der Waals surface area contributed by atoms with Crippen molar-refractivity contribution >= 4 is 0 Å². The summed E-state index contributed by atoms with van der Waals surface area (Å²) >= 11 is 0. The van der Waals surface area contributed by atoms with E-state index in [0.717, 1.165) is 0 Å². The molecule has 6 nitrogen and oxygen atoms in total. The summed E-state index contributed by atoms with van der Waals surface area (Å²) in [7, 11) is 0. The van der Waals surface area contributed by atoms with Gasteiger partial charge in [-0.05, 0) is 6.07 Å². The van der Waals surface area contributed by atoms with Gasteiger partial charge in [0.1, 0.15) is 18.5 Å². The second kappa shape index (κ2) is 3.93. The molecule has 6 heteroatoms. The van der Waals surface area contributed by atoms with Gasteiger partial charge in [0.25, 0.3) is 0 Å². The van der Waals surface area contributed by atoms with E-state index in [1.807, 2.05) is 0 Å². The van der Waals surface area contributed by atoms with Crippen LogP contribution in [-0.2, 0) is 6.54 Å². The molecule has 0 spiro atoms. The van der Waals surface area contributed by atoms with Gasteiger partial charge in [0.15, 0.2) is 0 Å². The summed E-state index contributed by atoms with van der Waals surface area (Å²) < 4.78 is 1.65. The van der Waals surface area contributed by atoms with Crippen molar-refractivity contribution < 1.29 is 0 Å². The fourth-order valence-corrected chi connectivity index (χ4v) is 1.11. The van der Waals surface area contributed by atoms with Crippen molar-refractivity contribution in [2.75, 3.05) is 0 Å². The molecule has 0 fully saturated rings. The van der Waals surface area contributed by atoms with Crippen molar-refractivity contribution in [2.45, 2.75) is 12.6 Å². The molecule has 2 N–H and O–H groups in total. The summed E-state index contributed by atoms with van der Waals surface area (Å²) in [6.45, 7) is 0.532. The van der Waals surface area contributed by atoms with Crippen molar-refractivity contribution in [3.63, 3.8) is 0 Å². The molecule has 0 saturated carbocycles. The van der Waals surface area contributed by atoms with Crippen LogP contribution in [0, 0.1) is 0 Å². The number of hydrogen-bond acceptors (Lipinski definition) is 5. The quantitative estimate of drug-likeness (QED) is 0.722. The fraction of sp³-hybridized carbons (Fsp3) is 0.250. The Labute approximate surface area is 80.8 Å². The first-order valence-corrected chi connectivity index (χ1v) is 4.21. The number of hydrogen-bond donors (Lipinski definition) is 1. The maximum Gasteiger partial charge on any atom is 0.146 e. The van der Waals surface area contributed by atoms with Crippen LogP contribution in [0.3, 0.4) is 0 Å². The molecule has 72 valence electrons. The van der Waals surface area contributed by atoms with E-state index in [2.05, 4.69) is 20.1 Å². The van der Waals surface area contributed by atoms with E-state index in [1.54, 1.807) is 29.5 Å². The smallest absolute Gasteiger partial charge is 0.146 e. The van der Waals surface area contributed by atoms with E-state index in [9.17, 15) is 0 Å². The van der Waals surface area contributed by atoms with Gasteiger partial charge in [-0.2, -0.15) is 5.10 Å². The Hall–Kier alpha value is -1.82.